The third kappa shape index (κ3) is 4.45. The predicted molar refractivity (Wildman–Crippen MR) is 115 cm³/mol. The van der Waals surface area contributed by atoms with Crippen molar-refractivity contribution in [3.05, 3.63) is 59.7 Å². The van der Waals surface area contributed by atoms with Crippen molar-refractivity contribution in [2.24, 2.45) is 0 Å². The molecule has 0 bridgehead atoms. The molecule has 1 unspecified atom stereocenters. The van der Waals surface area contributed by atoms with Gasteiger partial charge in [-0.15, -0.1) is 11.8 Å². The maximum Gasteiger partial charge on any atom is 0.325 e. The molecule has 1 heterocycles. The summed E-state index contributed by atoms with van der Waals surface area (Å²) in [5.41, 5.74) is 1.32. The molecule has 29 heavy (non-hydrogen) atoms. The van der Waals surface area contributed by atoms with Crippen molar-refractivity contribution in [2.45, 2.75) is 37.1 Å². The molecule has 0 spiro atoms. The second kappa shape index (κ2) is 8.69. The van der Waals surface area contributed by atoms with Crippen LogP contribution in [-0.2, 0) is 21.5 Å². The van der Waals surface area contributed by atoms with E-state index in [0.717, 1.165) is 22.6 Å². The third-order valence-electron chi connectivity index (χ3n) is 5.02. The fourth-order valence-electron chi connectivity index (χ4n) is 3.35. The van der Waals surface area contributed by atoms with Gasteiger partial charge in [-0.05, 0) is 55.0 Å². The number of anilines is 1. The average molecular weight is 412 g/mol. The van der Waals surface area contributed by atoms with E-state index in [1.165, 1.54) is 5.56 Å². The number of benzene rings is 2. The summed E-state index contributed by atoms with van der Waals surface area (Å²) in [6, 6.07) is 14.5. The minimum Gasteiger partial charge on any atom is -0.325 e. The molecule has 0 aliphatic carbocycles. The molecule has 2 aromatic rings. The highest BCUT2D eigenvalue weighted by Crippen LogP contribution is 2.29. The molecule has 7 heteroatoms. The number of hydrogen-bond acceptors (Lipinski definition) is 4. The molecule has 2 N–H and O–H groups in total. The van der Waals surface area contributed by atoms with Gasteiger partial charge < -0.3 is 10.6 Å². The van der Waals surface area contributed by atoms with Gasteiger partial charge in [-0.2, -0.15) is 0 Å². The zero-order valence-corrected chi connectivity index (χ0v) is 17.6. The third-order valence-corrected chi connectivity index (χ3v) is 5.76. The van der Waals surface area contributed by atoms with Gasteiger partial charge in [0.15, 0.2) is 0 Å². The highest BCUT2D eigenvalue weighted by molar-refractivity contribution is 7.98. The molecule has 0 saturated carbocycles. The van der Waals surface area contributed by atoms with Crippen molar-refractivity contribution >= 4 is 35.3 Å². The van der Waals surface area contributed by atoms with Gasteiger partial charge in [0.05, 0.1) is 0 Å². The Hall–Kier alpha value is -2.80. The van der Waals surface area contributed by atoms with Gasteiger partial charge in [-0.1, -0.05) is 37.6 Å². The van der Waals surface area contributed by atoms with Gasteiger partial charge in [0, 0.05) is 10.6 Å². The summed E-state index contributed by atoms with van der Waals surface area (Å²) in [5, 5.41) is 5.46. The van der Waals surface area contributed by atoms with Gasteiger partial charge in [0.25, 0.3) is 5.91 Å². The zero-order chi connectivity index (χ0) is 21.0. The lowest BCUT2D eigenvalue weighted by Gasteiger charge is -2.22. The molecule has 1 saturated heterocycles. The standard InChI is InChI=1S/C22H25N3O3S/c1-4-5-15-6-8-16(9-7-15)22(2)20(27)25(21(28)24-22)14-19(26)23-17-10-12-18(29-3)13-11-17/h6-13H,4-5,14H2,1-3H3,(H,23,26)(H,24,28). The number of urea groups is 1. The van der Waals surface area contributed by atoms with Gasteiger partial charge in [-0.3, -0.25) is 14.5 Å². The second-order valence-electron chi connectivity index (χ2n) is 7.17. The zero-order valence-electron chi connectivity index (χ0n) is 16.8. The molecule has 1 aliphatic rings. The Morgan fingerprint density at radius 2 is 1.76 bits per heavy atom. The van der Waals surface area contributed by atoms with Crippen molar-refractivity contribution in [2.75, 3.05) is 18.1 Å². The van der Waals surface area contributed by atoms with Crippen LogP contribution in [-0.4, -0.2) is 35.5 Å². The molecule has 1 atom stereocenters. The Morgan fingerprint density at radius 1 is 1.10 bits per heavy atom. The lowest BCUT2D eigenvalue weighted by Crippen LogP contribution is -2.42. The molecule has 0 radical (unpaired) electrons. The number of rotatable bonds is 7. The van der Waals surface area contributed by atoms with Crippen molar-refractivity contribution < 1.29 is 14.4 Å². The summed E-state index contributed by atoms with van der Waals surface area (Å²) < 4.78 is 0. The van der Waals surface area contributed by atoms with Crippen LogP contribution >= 0.6 is 11.8 Å². The van der Waals surface area contributed by atoms with E-state index in [9.17, 15) is 14.4 Å². The molecule has 4 amide bonds. The van der Waals surface area contributed by atoms with E-state index in [-0.39, 0.29) is 6.54 Å². The second-order valence-corrected chi connectivity index (χ2v) is 8.05. The number of imide groups is 1. The van der Waals surface area contributed by atoms with Gasteiger partial charge >= 0.3 is 6.03 Å². The number of nitrogens with zero attached hydrogens (tertiary/aromatic N) is 1. The number of thioether (sulfide) groups is 1. The van der Waals surface area contributed by atoms with Crippen LogP contribution in [0.2, 0.25) is 0 Å². The first-order valence-electron chi connectivity index (χ1n) is 9.55. The first-order valence-corrected chi connectivity index (χ1v) is 10.8. The maximum absolute atomic E-state index is 13.0. The molecule has 0 aromatic heterocycles. The molecular formula is C22H25N3O3S. The smallest absolute Gasteiger partial charge is 0.325 e. The number of nitrogens with one attached hydrogen (secondary N) is 2. The van der Waals surface area contributed by atoms with Crippen molar-refractivity contribution in [1.82, 2.24) is 10.2 Å². The minimum absolute atomic E-state index is 0.335. The Morgan fingerprint density at radius 3 is 2.34 bits per heavy atom. The number of amides is 4. The largest absolute Gasteiger partial charge is 0.325 e. The molecule has 1 fully saturated rings. The van der Waals surface area contributed by atoms with Crippen LogP contribution in [0.3, 0.4) is 0 Å². The van der Waals surface area contributed by atoms with E-state index in [0.29, 0.717) is 11.3 Å². The fraction of sp³-hybridized carbons (Fsp3) is 0.318. The average Bonchev–Trinajstić information content (AvgIpc) is 2.93. The van der Waals surface area contributed by atoms with Crippen LogP contribution in [0.5, 0.6) is 0 Å². The van der Waals surface area contributed by atoms with Crippen LogP contribution in [0.25, 0.3) is 0 Å². The van der Waals surface area contributed by atoms with Crippen LogP contribution in [0.15, 0.2) is 53.4 Å². The summed E-state index contributed by atoms with van der Waals surface area (Å²) >= 11 is 1.61. The Balaban J connectivity index is 1.69. The summed E-state index contributed by atoms with van der Waals surface area (Å²) in [4.78, 5) is 39.8. The SMILES string of the molecule is CCCc1ccc(C2(C)NC(=O)N(CC(=O)Nc3ccc(SC)cc3)C2=O)cc1. The quantitative estimate of drug-likeness (QED) is 0.537. The van der Waals surface area contributed by atoms with E-state index in [1.54, 1.807) is 30.8 Å². The number of carbonyl (C=O) groups is 3. The van der Waals surface area contributed by atoms with Gasteiger partial charge in [0.2, 0.25) is 5.91 Å². The molecular weight excluding hydrogens is 386 g/mol. The predicted octanol–water partition coefficient (Wildman–Crippen LogP) is 3.77. The van der Waals surface area contributed by atoms with E-state index >= 15 is 0 Å². The Bertz CT molecular complexity index is 912. The van der Waals surface area contributed by atoms with E-state index in [1.807, 2.05) is 42.7 Å². The molecule has 152 valence electrons. The normalized spacial score (nSPS) is 18.7. The van der Waals surface area contributed by atoms with E-state index < -0.39 is 23.4 Å². The number of carbonyl (C=O) groups excluding carboxylic acids is 3. The van der Waals surface area contributed by atoms with Crippen LogP contribution in [0, 0.1) is 0 Å². The molecule has 2 aromatic carbocycles. The van der Waals surface area contributed by atoms with Crippen molar-refractivity contribution in [1.29, 1.82) is 0 Å². The molecule has 1 aliphatic heterocycles. The van der Waals surface area contributed by atoms with Crippen LogP contribution in [0.4, 0.5) is 10.5 Å². The van der Waals surface area contributed by atoms with E-state index in [4.69, 9.17) is 0 Å². The monoisotopic (exact) mass is 411 g/mol. The number of hydrogen-bond donors (Lipinski definition) is 2. The highest BCUT2D eigenvalue weighted by Gasteiger charge is 2.49. The summed E-state index contributed by atoms with van der Waals surface area (Å²) in [5.74, 6) is -0.855. The highest BCUT2D eigenvalue weighted by atomic mass is 32.2. The first-order chi connectivity index (χ1) is 13.9. The minimum atomic E-state index is -1.18. The van der Waals surface area contributed by atoms with Gasteiger partial charge in [-0.25, -0.2) is 4.79 Å². The van der Waals surface area contributed by atoms with Crippen LogP contribution < -0.4 is 10.6 Å². The summed E-state index contributed by atoms with van der Waals surface area (Å²) in [6.45, 7) is 3.44. The van der Waals surface area contributed by atoms with Crippen molar-refractivity contribution in [3.8, 4) is 0 Å². The van der Waals surface area contributed by atoms with E-state index in [2.05, 4.69) is 17.6 Å². The van der Waals surface area contributed by atoms with Gasteiger partial charge in [0.1, 0.15) is 12.1 Å². The van der Waals surface area contributed by atoms with Crippen LogP contribution in [0.1, 0.15) is 31.4 Å². The fourth-order valence-corrected chi connectivity index (χ4v) is 3.76. The summed E-state index contributed by atoms with van der Waals surface area (Å²) in [6.07, 6.45) is 3.97. The first kappa shape index (κ1) is 20.9. The number of aryl methyl sites for hydroxylation is 1. The lowest BCUT2D eigenvalue weighted by atomic mass is 9.91. The molecule has 3 rings (SSSR count). The van der Waals surface area contributed by atoms with Crippen molar-refractivity contribution in [3.63, 3.8) is 0 Å². The lowest BCUT2D eigenvalue weighted by molar-refractivity contribution is -0.133. The Labute approximate surface area is 175 Å². The Kier molecular flexibility index (Phi) is 6.27. The molecule has 6 nitrogen and oxygen atoms in total. The summed E-state index contributed by atoms with van der Waals surface area (Å²) in [7, 11) is 0. The maximum atomic E-state index is 13.0. The topological polar surface area (TPSA) is 78.5 Å².